The molecule has 2 fully saturated rings. The Bertz CT molecular complexity index is 656. The van der Waals surface area contributed by atoms with Crippen LogP contribution in [0.2, 0.25) is 0 Å². The fourth-order valence-corrected chi connectivity index (χ4v) is 3.94. The van der Waals surface area contributed by atoms with Crippen LogP contribution in [0, 0.1) is 0 Å². The molecule has 158 valence electrons. The van der Waals surface area contributed by atoms with Gasteiger partial charge >= 0.3 is 0 Å². The molecule has 1 aliphatic heterocycles. The summed E-state index contributed by atoms with van der Waals surface area (Å²) in [5.74, 6) is 0.930. The van der Waals surface area contributed by atoms with Gasteiger partial charge in [0.1, 0.15) is 6.54 Å². The van der Waals surface area contributed by atoms with E-state index in [-0.39, 0.29) is 29.9 Å². The van der Waals surface area contributed by atoms with Crippen LogP contribution >= 0.6 is 24.0 Å². The van der Waals surface area contributed by atoms with E-state index in [2.05, 4.69) is 34.2 Å². The van der Waals surface area contributed by atoms with Gasteiger partial charge in [0, 0.05) is 45.5 Å². The first-order valence-corrected chi connectivity index (χ1v) is 10.1. The van der Waals surface area contributed by atoms with Gasteiger partial charge in [-0.3, -0.25) is 14.5 Å². The molecule has 0 bridgehead atoms. The minimum Gasteiger partial charge on any atom is -0.357 e. The second-order valence-electron chi connectivity index (χ2n) is 7.49. The monoisotopic (exact) mass is 503 g/mol. The van der Waals surface area contributed by atoms with Crippen molar-refractivity contribution in [2.75, 3.05) is 51.2 Å². The number of aromatic nitrogens is 2. The number of likely N-dealkylation sites (N-methyl/N-ethyl adjacent to an activating group) is 1. The van der Waals surface area contributed by atoms with Crippen molar-refractivity contribution >= 4 is 41.5 Å². The lowest BCUT2D eigenvalue weighted by Crippen LogP contribution is -2.55. The van der Waals surface area contributed by atoms with Crippen LogP contribution in [-0.4, -0.2) is 83.8 Å². The van der Waals surface area contributed by atoms with E-state index in [1.165, 1.54) is 25.7 Å². The van der Waals surface area contributed by atoms with Crippen LogP contribution in [0.1, 0.15) is 32.6 Å². The van der Waals surface area contributed by atoms with Crippen LogP contribution in [0.25, 0.3) is 0 Å². The number of aryl methyl sites for hydroxylation is 1. The molecule has 9 heteroatoms. The van der Waals surface area contributed by atoms with Gasteiger partial charge in [-0.25, -0.2) is 0 Å². The summed E-state index contributed by atoms with van der Waals surface area (Å²) in [5, 5.41) is 7.51. The molecule has 3 rings (SSSR count). The number of halogens is 1. The average molecular weight is 503 g/mol. The summed E-state index contributed by atoms with van der Waals surface area (Å²) in [6, 6.07) is 0.715. The van der Waals surface area contributed by atoms with Crippen molar-refractivity contribution in [3.05, 3.63) is 12.4 Å². The molecule has 1 saturated heterocycles. The van der Waals surface area contributed by atoms with Crippen molar-refractivity contribution in [1.82, 2.24) is 24.9 Å². The predicted octanol–water partition coefficient (Wildman–Crippen LogP) is 1.53. The Morgan fingerprint density at radius 3 is 2.71 bits per heavy atom. The van der Waals surface area contributed by atoms with Crippen LogP contribution in [0.15, 0.2) is 17.4 Å². The molecule has 1 N–H and O–H groups in total. The van der Waals surface area contributed by atoms with Gasteiger partial charge in [-0.05, 0) is 26.8 Å². The SMILES string of the molecule is CCNC(=NCCN(C)C1CCCC1)N1CCN(c2cnn(C)c2)C(=O)C1.I. The minimum absolute atomic E-state index is 0. The van der Waals surface area contributed by atoms with E-state index in [0.717, 1.165) is 37.8 Å². The third-order valence-corrected chi connectivity index (χ3v) is 5.52. The maximum absolute atomic E-state index is 12.6. The topological polar surface area (TPSA) is 69.0 Å². The van der Waals surface area contributed by atoms with E-state index in [9.17, 15) is 4.79 Å². The number of nitrogens with zero attached hydrogens (tertiary/aromatic N) is 6. The number of carbonyl (C=O) groups excluding carboxylic acids is 1. The highest BCUT2D eigenvalue weighted by molar-refractivity contribution is 14.0. The number of anilines is 1. The number of hydrogen-bond donors (Lipinski definition) is 1. The molecule has 0 spiro atoms. The molecule has 0 aromatic carbocycles. The van der Waals surface area contributed by atoms with Gasteiger partial charge in [0.25, 0.3) is 0 Å². The van der Waals surface area contributed by atoms with Crippen molar-refractivity contribution < 1.29 is 4.79 Å². The largest absolute Gasteiger partial charge is 0.357 e. The second kappa shape index (κ2) is 11.0. The summed E-state index contributed by atoms with van der Waals surface area (Å²) in [5.41, 5.74) is 0.863. The van der Waals surface area contributed by atoms with Gasteiger partial charge in [-0.1, -0.05) is 12.8 Å². The lowest BCUT2D eigenvalue weighted by molar-refractivity contribution is -0.120. The van der Waals surface area contributed by atoms with E-state index < -0.39 is 0 Å². The first-order chi connectivity index (χ1) is 13.1. The summed E-state index contributed by atoms with van der Waals surface area (Å²) in [6.07, 6.45) is 8.95. The summed E-state index contributed by atoms with van der Waals surface area (Å²) in [4.78, 5) is 23.7. The van der Waals surface area contributed by atoms with E-state index >= 15 is 0 Å². The average Bonchev–Trinajstić information content (AvgIpc) is 3.32. The lowest BCUT2D eigenvalue weighted by atomic mass is 10.2. The lowest BCUT2D eigenvalue weighted by Gasteiger charge is -2.35. The number of hydrogen-bond acceptors (Lipinski definition) is 4. The van der Waals surface area contributed by atoms with Crippen molar-refractivity contribution in [2.24, 2.45) is 12.0 Å². The zero-order chi connectivity index (χ0) is 19.2. The number of nitrogens with one attached hydrogen (secondary N) is 1. The van der Waals surface area contributed by atoms with Crippen molar-refractivity contribution in [3.63, 3.8) is 0 Å². The zero-order valence-corrected chi connectivity index (χ0v) is 19.6. The van der Waals surface area contributed by atoms with Gasteiger partial charge < -0.3 is 20.0 Å². The summed E-state index contributed by atoms with van der Waals surface area (Å²) in [7, 11) is 4.07. The Morgan fingerprint density at radius 1 is 1.36 bits per heavy atom. The quantitative estimate of drug-likeness (QED) is 0.363. The second-order valence-corrected chi connectivity index (χ2v) is 7.49. The third kappa shape index (κ3) is 5.82. The van der Waals surface area contributed by atoms with Crippen LogP contribution in [0.4, 0.5) is 5.69 Å². The van der Waals surface area contributed by atoms with E-state index in [1.807, 2.05) is 13.2 Å². The molecule has 0 atom stereocenters. The predicted molar refractivity (Wildman–Crippen MR) is 123 cm³/mol. The third-order valence-electron chi connectivity index (χ3n) is 5.52. The number of carbonyl (C=O) groups is 1. The Morgan fingerprint density at radius 2 is 2.11 bits per heavy atom. The molecule has 2 heterocycles. The molecule has 28 heavy (non-hydrogen) atoms. The Balaban J connectivity index is 0.00000280. The van der Waals surface area contributed by atoms with Crippen molar-refractivity contribution in [2.45, 2.75) is 38.6 Å². The summed E-state index contributed by atoms with van der Waals surface area (Å²) in [6.45, 7) is 6.35. The molecule has 8 nitrogen and oxygen atoms in total. The highest BCUT2D eigenvalue weighted by atomic mass is 127. The standard InChI is InChI=1S/C19H33N7O.HI/c1-4-20-19(21-9-10-23(2)16-7-5-6-8-16)25-11-12-26(18(27)15-25)17-13-22-24(3)14-17;/h13-14,16H,4-12,15H2,1-3H3,(H,20,21);1H. The molecule has 1 aliphatic carbocycles. The molecular weight excluding hydrogens is 469 g/mol. The van der Waals surface area contributed by atoms with Crippen molar-refractivity contribution in [3.8, 4) is 0 Å². The highest BCUT2D eigenvalue weighted by Gasteiger charge is 2.27. The fourth-order valence-electron chi connectivity index (χ4n) is 3.94. The molecule has 0 radical (unpaired) electrons. The number of amides is 1. The van der Waals surface area contributed by atoms with Crippen LogP contribution in [-0.2, 0) is 11.8 Å². The van der Waals surface area contributed by atoms with Crippen LogP contribution < -0.4 is 10.2 Å². The van der Waals surface area contributed by atoms with E-state index in [1.54, 1.807) is 15.8 Å². The Hall–Kier alpha value is -1.36. The number of aliphatic imine (C=N–C) groups is 1. The maximum atomic E-state index is 12.6. The molecule has 1 aromatic rings. The first-order valence-electron chi connectivity index (χ1n) is 10.1. The molecule has 1 saturated carbocycles. The van der Waals surface area contributed by atoms with Crippen LogP contribution in [0.3, 0.4) is 0 Å². The van der Waals surface area contributed by atoms with Crippen LogP contribution in [0.5, 0.6) is 0 Å². The molecular formula is C19H34IN7O. The number of piperazine rings is 1. The fraction of sp³-hybridized carbons (Fsp3) is 0.737. The van der Waals surface area contributed by atoms with Gasteiger partial charge in [0.05, 0.1) is 18.4 Å². The van der Waals surface area contributed by atoms with E-state index in [0.29, 0.717) is 19.1 Å². The smallest absolute Gasteiger partial charge is 0.246 e. The highest BCUT2D eigenvalue weighted by Crippen LogP contribution is 2.22. The van der Waals surface area contributed by atoms with Gasteiger partial charge in [0.15, 0.2) is 5.96 Å². The Labute approximate surface area is 185 Å². The Kier molecular flexibility index (Phi) is 9.00. The molecule has 0 unspecified atom stereocenters. The molecule has 1 aromatic heterocycles. The van der Waals surface area contributed by atoms with Gasteiger partial charge in [0.2, 0.25) is 5.91 Å². The van der Waals surface area contributed by atoms with Crippen molar-refractivity contribution in [1.29, 1.82) is 0 Å². The summed E-state index contributed by atoms with van der Waals surface area (Å²) >= 11 is 0. The molecule has 1 amide bonds. The molecule has 2 aliphatic rings. The first kappa shape index (κ1) is 22.9. The van der Waals surface area contributed by atoms with E-state index in [4.69, 9.17) is 4.99 Å². The zero-order valence-electron chi connectivity index (χ0n) is 17.3. The van der Waals surface area contributed by atoms with Gasteiger partial charge in [-0.15, -0.1) is 24.0 Å². The maximum Gasteiger partial charge on any atom is 0.246 e. The number of rotatable bonds is 6. The minimum atomic E-state index is 0. The normalized spacial score (nSPS) is 18.7. The number of guanidine groups is 1. The summed E-state index contributed by atoms with van der Waals surface area (Å²) < 4.78 is 1.72. The van der Waals surface area contributed by atoms with Gasteiger partial charge in [-0.2, -0.15) is 5.10 Å².